The lowest BCUT2D eigenvalue weighted by Gasteiger charge is -2.34. The van der Waals surface area contributed by atoms with E-state index in [9.17, 15) is 17.2 Å². The van der Waals surface area contributed by atoms with Crippen molar-refractivity contribution in [2.45, 2.75) is 9.79 Å². The molecule has 2 aromatic carbocycles. The Morgan fingerprint density at radius 1 is 0.833 bits per heavy atom. The normalized spacial score (nSPS) is 16.4. The molecule has 0 radical (unpaired) electrons. The summed E-state index contributed by atoms with van der Waals surface area (Å²) in [7, 11) is -1.80. The van der Waals surface area contributed by atoms with Gasteiger partial charge in [0.15, 0.2) is 11.6 Å². The quantitative estimate of drug-likeness (QED) is 0.796. The highest BCUT2D eigenvalue weighted by Gasteiger charge is 2.20. The third-order valence-electron chi connectivity index (χ3n) is 4.22. The van der Waals surface area contributed by atoms with Crippen LogP contribution >= 0.6 is 0 Å². The molecule has 1 aliphatic heterocycles. The van der Waals surface area contributed by atoms with Gasteiger partial charge in [-0.15, -0.1) is 0 Å². The summed E-state index contributed by atoms with van der Waals surface area (Å²) in [6.07, 6.45) is 0. The van der Waals surface area contributed by atoms with Gasteiger partial charge in [0.1, 0.15) is 0 Å². The van der Waals surface area contributed by atoms with E-state index in [1.54, 1.807) is 12.1 Å². The Balaban J connectivity index is 1.85. The zero-order chi connectivity index (χ0) is 17.3. The molecule has 3 rings (SSSR count). The predicted molar refractivity (Wildman–Crippen MR) is 88.0 cm³/mol. The molecule has 128 valence electrons. The fourth-order valence-electron chi connectivity index (χ4n) is 2.68. The molecule has 1 fully saturated rings. The maximum atomic E-state index is 13.3. The van der Waals surface area contributed by atoms with Gasteiger partial charge < -0.3 is 9.80 Å². The molecule has 0 amide bonds. The zero-order valence-electron chi connectivity index (χ0n) is 13.2. The van der Waals surface area contributed by atoms with E-state index < -0.39 is 21.5 Å². The monoisotopic (exact) mass is 352 g/mol. The van der Waals surface area contributed by atoms with Crippen LogP contribution in [0.5, 0.6) is 0 Å². The van der Waals surface area contributed by atoms with Crippen LogP contribution in [0.3, 0.4) is 0 Å². The number of halogens is 2. The van der Waals surface area contributed by atoms with E-state index in [-0.39, 0.29) is 9.79 Å². The van der Waals surface area contributed by atoms with Crippen LogP contribution in [-0.2, 0) is 9.84 Å². The van der Waals surface area contributed by atoms with Crippen LogP contribution < -0.4 is 4.90 Å². The Morgan fingerprint density at radius 3 is 2.00 bits per heavy atom. The lowest BCUT2D eigenvalue weighted by molar-refractivity contribution is 0.313. The van der Waals surface area contributed by atoms with E-state index >= 15 is 0 Å². The van der Waals surface area contributed by atoms with E-state index in [4.69, 9.17) is 0 Å². The molecular formula is C17H18F2N2O2S. The largest absolute Gasteiger partial charge is 0.369 e. The van der Waals surface area contributed by atoms with Crippen LogP contribution in [0.4, 0.5) is 14.5 Å². The van der Waals surface area contributed by atoms with Gasteiger partial charge >= 0.3 is 0 Å². The smallest absolute Gasteiger partial charge is 0.206 e. The lowest BCUT2D eigenvalue weighted by atomic mass is 10.2. The minimum Gasteiger partial charge on any atom is -0.369 e. The molecule has 1 aliphatic rings. The Bertz CT molecular complexity index is 830. The van der Waals surface area contributed by atoms with E-state index in [0.717, 1.165) is 44.0 Å². The highest BCUT2D eigenvalue weighted by molar-refractivity contribution is 7.91. The van der Waals surface area contributed by atoms with E-state index in [1.165, 1.54) is 12.1 Å². The summed E-state index contributed by atoms with van der Waals surface area (Å²) >= 11 is 0. The number of piperazine rings is 1. The molecule has 0 atom stereocenters. The third kappa shape index (κ3) is 3.27. The molecule has 1 heterocycles. The van der Waals surface area contributed by atoms with Crippen LogP contribution in [0.2, 0.25) is 0 Å². The second-order valence-electron chi connectivity index (χ2n) is 5.86. The Morgan fingerprint density at radius 2 is 1.42 bits per heavy atom. The molecule has 0 bridgehead atoms. The summed E-state index contributed by atoms with van der Waals surface area (Å²) in [6.45, 7) is 3.67. The topological polar surface area (TPSA) is 40.6 Å². The molecule has 2 aromatic rings. The molecule has 4 nitrogen and oxygen atoms in total. The fourth-order valence-corrected chi connectivity index (χ4v) is 3.95. The van der Waals surface area contributed by atoms with Gasteiger partial charge in [-0.05, 0) is 49.5 Å². The van der Waals surface area contributed by atoms with Crippen LogP contribution in [0.15, 0.2) is 52.3 Å². The van der Waals surface area contributed by atoms with Crippen molar-refractivity contribution < 1.29 is 17.2 Å². The Labute approximate surface area is 140 Å². The molecule has 0 N–H and O–H groups in total. The summed E-state index contributed by atoms with van der Waals surface area (Å²) in [4.78, 5) is 4.23. The number of nitrogens with zero attached hydrogens (tertiary/aromatic N) is 2. The molecule has 7 heteroatoms. The molecule has 24 heavy (non-hydrogen) atoms. The first-order chi connectivity index (χ1) is 11.4. The minimum absolute atomic E-state index is 0.0615. The number of benzene rings is 2. The first-order valence-corrected chi connectivity index (χ1v) is 9.10. The molecule has 0 spiro atoms. The number of rotatable bonds is 3. The van der Waals surface area contributed by atoms with E-state index in [1.807, 2.05) is 0 Å². The van der Waals surface area contributed by atoms with Crippen molar-refractivity contribution in [3.8, 4) is 0 Å². The Kier molecular flexibility index (Phi) is 4.56. The van der Waals surface area contributed by atoms with Crippen LogP contribution in [0.25, 0.3) is 0 Å². The highest BCUT2D eigenvalue weighted by atomic mass is 32.2. The number of hydrogen-bond donors (Lipinski definition) is 0. The molecule has 0 aromatic heterocycles. The highest BCUT2D eigenvalue weighted by Crippen LogP contribution is 2.25. The van der Waals surface area contributed by atoms with Gasteiger partial charge in [0.05, 0.1) is 9.79 Å². The molecule has 1 saturated heterocycles. The summed E-state index contributed by atoms with van der Waals surface area (Å²) in [6, 6.07) is 9.10. The lowest BCUT2D eigenvalue weighted by Crippen LogP contribution is -2.44. The first kappa shape index (κ1) is 16.9. The molecule has 0 unspecified atom stereocenters. The average Bonchev–Trinajstić information content (AvgIpc) is 2.58. The van der Waals surface area contributed by atoms with Crippen molar-refractivity contribution in [3.63, 3.8) is 0 Å². The molecular weight excluding hydrogens is 334 g/mol. The number of likely N-dealkylation sites (N-methyl/N-ethyl adjacent to an activating group) is 1. The predicted octanol–water partition coefficient (Wildman–Crippen LogP) is 2.55. The summed E-state index contributed by atoms with van der Waals surface area (Å²) in [5, 5.41) is 0. The van der Waals surface area contributed by atoms with Crippen molar-refractivity contribution in [1.82, 2.24) is 4.90 Å². The fraction of sp³-hybridized carbons (Fsp3) is 0.294. The average molecular weight is 352 g/mol. The van der Waals surface area contributed by atoms with Crippen molar-refractivity contribution in [1.29, 1.82) is 0 Å². The van der Waals surface area contributed by atoms with Crippen LogP contribution in [0, 0.1) is 11.6 Å². The molecule has 0 aliphatic carbocycles. The van der Waals surface area contributed by atoms with E-state index in [0.29, 0.717) is 6.07 Å². The number of hydrogen-bond acceptors (Lipinski definition) is 4. The van der Waals surface area contributed by atoms with Gasteiger partial charge in [0.25, 0.3) is 0 Å². The van der Waals surface area contributed by atoms with Gasteiger partial charge in [-0.1, -0.05) is 0 Å². The molecule has 0 saturated carbocycles. The summed E-state index contributed by atoms with van der Waals surface area (Å²) < 4.78 is 51.3. The zero-order valence-corrected chi connectivity index (χ0v) is 14.1. The van der Waals surface area contributed by atoms with Gasteiger partial charge in [-0.25, -0.2) is 17.2 Å². The van der Waals surface area contributed by atoms with Crippen molar-refractivity contribution in [2.24, 2.45) is 0 Å². The first-order valence-electron chi connectivity index (χ1n) is 7.61. The number of anilines is 1. The van der Waals surface area contributed by atoms with Crippen LogP contribution in [0.1, 0.15) is 0 Å². The minimum atomic E-state index is -3.87. The second kappa shape index (κ2) is 6.49. The number of sulfone groups is 1. The third-order valence-corrected chi connectivity index (χ3v) is 5.98. The Hall–Kier alpha value is -1.99. The maximum absolute atomic E-state index is 13.3. The van der Waals surface area contributed by atoms with Gasteiger partial charge in [0, 0.05) is 31.9 Å². The van der Waals surface area contributed by atoms with E-state index in [2.05, 4.69) is 16.8 Å². The second-order valence-corrected chi connectivity index (χ2v) is 7.81. The van der Waals surface area contributed by atoms with Crippen molar-refractivity contribution in [3.05, 3.63) is 54.1 Å². The van der Waals surface area contributed by atoms with Gasteiger partial charge in [0.2, 0.25) is 9.84 Å². The summed E-state index contributed by atoms with van der Waals surface area (Å²) in [5.41, 5.74) is 0.951. The van der Waals surface area contributed by atoms with Gasteiger partial charge in [-0.3, -0.25) is 0 Å². The van der Waals surface area contributed by atoms with Crippen molar-refractivity contribution in [2.75, 3.05) is 38.1 Å². The maximum Gasteiger partial charge on any atom is 0.206 e. The van der Waals surface area contributed by atoms with Crippen molar-refractivity contribution >= 4 is 15.5 Å². The SMILES string of the molecule is CN1CCN(c2ccc(S(=O)(=O)c3ccc(F)c(F)c3)cc2)CC1. The standard InChI is InChI=1S/C17H18F2N2O2S/c1-20-8-10-21(11-9-20)13-2-4-14(5-3-13)24(22,23)15-6-7-16(18)17(19)12-15/h2-7,12H,8-11H2,1H3. The van der Waals surface area contributed by atoms with Crippen LogP contribution in [-0.4, -0.2) is 46.5 Å². The summed E-state index contributed by atoms with van der Waals surface area (Å²) in [5.74, 6) is -2.25. The van der Waals surface area contributed by atoms with Gasteiger partial charge in [-0.2, -0.15) is 0 Å².